The Morgan fingerprint density at radius 2 is 1.00 bits per heavy atom. The summed E-state index contributed by atoms with van der Waals surface area (Å²) in [6.45, 7) is 21.9. The first-order valence-corrected chi connectivity index (χ1v) is 10.2. The molecule has 0 N–H and O–H groups in total. The minimum absolute atomic E-state index is 0.500. The van der Waals surface area contributed by atoms with Crippen LogP contribution in [-0.2, 0) is 0 Å². The Kier molecular flexibility index (Phi) is 65.9. The second kappa shape index (κ2) is 44.2. The summed E-state index contributed by atoms with van der Waals surface area (Å²) in [5.74, 6) is 1.81. The average Bonchev–Trinajstić information content (AvgIpc) is 2.68. The maximum Gasteiger partial charge on any atom is 0.0785 e. The van der Waals surface area contributed by atoms with E-state index in [1.54, 1.807) is 11.1 Å². The van der Waals surface area contributed by atoms with Gasteiger partial charge in [-0.1, -0.05) is 84.6 Å². The second-order valence-electron chi connectivity index (χ2n) is 6.31. The third kappa shape index (κ3) is 45.6. The lowest BCUT2D eigenvalue weighted by molar-refractivity contribution is 0.359. The molecule has 0 aromatic heterocycles. The van der Waals surface area contributed by atoms with E-state index in [9.17, 15) is 4.39 Å². The van der Waals surface area contributed by atoms with Crippen molar-refractivity contribution >= 4 is 0 Å². The van der Waals surface area contributed by atoms with Gasteiger partial charge in [-0.15, -0.1) is 25.7 Å². The summed E-state index contributed by atoms with van der Waals surface area (Å²) in [6, 6.07) is 0. The Labute approximate surface area is 174 Å². The van der Waals surface area contributed by atoms with Crippen molar-refractivity contribution in [3.8, 4) is 25.7 Å². The fourth-order valence-corrected chi connectivity index (χ4v) is 1.95. The quantitative estimate of drug-likeness (QED) is 0.313. The van der Waals surface area contributed by atoms with Gasteiger partial charge in [0.25, 0.3) is 0 Å². The van der Waals surface area contributed by atoms with Crippen LogP contribution in [0.2, 0.25) is 0 Å². The molecule has 0 spiro atoms. The highest BCUT2D eigenvalue weighted by Gasteiger charge is 2.19. The first kappa shape index (κ1) is 40.3. The van der Waals surface area contributed by atoms with Crippen molar-refractivity contribution in [1.82, 2.24) is 0 Å². The molecule has 162 valence electrons. The van der Waals surface area contributed by atoms with Gasteiger partial charge >= 0.3 is 0 Å². The Morgan fingerprint density at radius 1 is 0.778 bits per heavy atom. The zero-order valence-electron chi connectivity index (χ0n) is 20.5. The van der Waals surface area contributed by atoms with Gasteiger partial charge in [0, 0.05) is 0 Å². The van der Waals surface area contributed by atoms with E-state index < -0.39 is 0 Å². The standard InChI is InChI=1S/C10H18.C5H10.2C3H8.2C2H2.CH3F/c1-7-5-9(3)10(4)6-8(7)2;1-3-5-4-2;2*1-3-2;3*1-2/h7-8H,5-6H2,1-4H3;3,5H,4H2,1-2H3;2*3H2,1-2H3;2*1-2H;1H3/b;5-3-;;;;;. The van der Waals surface area contributed by atoms with Crippen molar-refractivity contribution in [2.45, 2.75) is 101 Å². The molecule has 0 aliphatic heterocycles. The van der Waals surface area contributed by atoms with E-state index >= 15 is 0 Å². The summed E-state index contributed by atoms with van der Waals surface area (Å²) in [5.41, 5.74) is 3.26. The summed E-state index contributed by atoms with van der Waals surface area (Å²) in [7, 11) is 0.500. The summed E-state index contributed by atoms with van der Waals surface area (Å²) >= 11 is 0. The van der Waals surface area contributed by atoms with Gasteiger partial charge in [-0.3, -0.25) is 4.39 Å². The van der Waals surface area contributed by atoms with Gasteiger partial charge in [0.15, 0.2) is 0 Å². The lowest BCUT2D eigenvalue weighted by Crippen LogP contribution is -2.14. The Hall–Kier alpha value is -1.47. The molecule has 2 atom stereocenters. The minimum atomic E-state index is 0.500. The van der Waals surface area contributed by atoms with Crippen LogP contribution in [0.4, 0.5) is 4.39 Å². The lowest BCUT2D eigenvalue weighted by Gasteiger charge is -2.27. The van der Waals surface area contributed by atoms with E-state index in [2.05, 4.69) is 100 Å². The molecule has 0 bridgehead atoms. The van der Waals surface area contributed by atoms with Crippen molar-refractivity contribution in [3.05, 3.63) is 23.3 Å². The normalized spacial score (nSPS) is 16.4. The highest BCUT2D eigenvalue weighted by Crippen LogP contribution is 2.32. The zero-order valence-corrected chi connectivity index (χ0v) is 20.5. The van der Waals surface area contributed by atoms with Crippen molar-refractivity contribution in [2.24, 2.45) is 11.8 Å². The predicted molar refractivity (Wildman–Crippen MR) is 130 cm³/mol. The van der Waals surface area contributed by atoms with Crippen LogP contribution in [0.5, 0.6) is 0 Å². The van der Waals surface area contributed by atoms with E-state index in [0.717, 1.165) is 18.3 Å². The predicted octanol–water partition coefficient (Wildman–Crippen LogP) is 9.28. The molecule has 1 rings (SSSR count). The maximum atomic E-state index is 9.50. The Morgan fingerprint density at radius 3 is 1.11 bits per heavy atom. The van der Waals surface area contributed by atoms with Crippen molar-refractivity contribution < 1.29 is 4.39 Å². The molecular weight excluding hydrogens is 331 g/mol. The van der Waals surface area contributed by atoms with E-state index in [1.165, 1.54) is 25.7 Å². The molecule has 1 aliphatic rings. The smallest absolute Gasteiger partial charge is 0.0785 e. The second-order valence-corrected chi connectivity index (χ2v) is 6.31. The Balaban J connectivity index is -0.0000000555. The molecule has 1 aliphatic carbocycles. The van der Waals surface area contributed by atoms with E-state index in [4.69, 9.17) is 0 Å². The molecular formula is C26H51F. The molecule has 0 aromatic carbocycles. The molecule has 0 saturated heterocycles. The first-order valence-electron chi connectivity index (χ1n) is 10.2. The van der Waals surface area contributed by atoms with E-state index in [0.29, 0.717) is 7.18 Å². The summed E-state index contributed by atoms with van der Waals surface area (Å²) in [5, 5.41) is 0. The molecule has 0 fully saturated rings. The van der Waals surface area contributed by atoms with Crippen LogP contribution in [0.15, 0.2) is 23.3 Å². The number of terminal acetylenes is 2. The van der Waals surface area contributed by atoms with Gasteiger partial charge in [-0.25, -0.2) is 0 Å². The van der Waals surface area contributed by atoms with Crippen LogP contribution in [0.3, 0.4) is 0 Å². The number of rotatable bonds is 1. The molecule has 0 amide bonds. The highest BCUT2D eigenvalue weighted by atomic mass is 19.1. The lowest BCUT2D eigenvalue weighted by atomic mass is 9.79. The molecule has 2 unspecified atom stereocenters. The molecule has 0 aromatic rings. The molecule has 0 heterocycles. The van der Waals surface area contributed by atoms with Gasteiger partial charge < -0.3 is 0 Å². The van der Waals surface area contributed by atoms with Gasteiger partial charge in [0.1, 0.15) is 0 Å². The Bertz CT molecular complexity index is 292. The zero-order chi connectivity index (χ0) is 23.3. The van der Waals surface area contributed by atoms with Crippen LogP contribution in [0, 0.1) is 37.5 Å². The fourth-order valence-electron chi connectivity index (χ4n) is 1.95. The van der Waals surface area contributed by atoms with Crippen molar-refractivity contribution in [2.75, 3.05) is 7.18 Å². The number of allylic oxidation sites excluding steroid dienone is 4. The topological polar surface area (TPSA) is 0 Å². The molecule has 0 saturated carbocycles. The van der Waals surface area contributed by atoms with Crippen LogP contribution >= 0.6 is 0 Å². The third-order valence-corrected chi connectivity index (χ3v) is 3.43. The van der Waals surface area contributed by atoms with Crippen molar-refractivity contribution in [1.29, 1.82) is 0 Å². The maximum absolute atomic E-state index is 9.50. The fraction of sp³-hybridized carbons (Fsp3) is 0.692. The largest absolute Gasteiger partial charge is 0.255 e. The van der Waals surface area contributed by atoms with Gasteiger partial charge in [-0.05, 0) is 51.9 Å². The minimum Gasteiger partial charge on any atom is -0.255 e. The summed E-state index contributed by atoms with van der Waals surface area (Å²) in [4.78, 5) is 0. The molecule has 0 radical (unpaired) electrons. The molecule has 0 nitrogen and oxygen atoms in total. The van der Waals surface area contributed by atoms with Gasteiger partial charge in [0.05, 0.1) is 7.18 Å². The number of halogens is 1. The number of hydrogen-bond acceptors (Lipinski definition) is 0. The van der Waals surface area contributed by atoms with Crippen LogP contribution in [-0.4, -0.2) is 7.18 Å². The third-order valence-electron chi connectivity index (χ3n) is 3.43. The van der Waals surface area contributed by atoms with E-state index in [-0.39, 0.29) is 0 Å². The number of alkyl halides is 1. The van der Waals surface area contributed by atoms with Crippen LogP contribution in [0.25, 0.3) is 0 Å². The first-order chi connectivity index (χ1) is 12.9. The summed E-state index contributed by atoms with van der Waals surface area (Å²) < 4.78 is 9.50. The molecule has 27 heavy (non-hydrogen) atoms. The highest BCUT2D eigenvalue weighted by molar-refractivity contribution is 5.14. The van der Waals surface area contributed by atoms with Gasteiger partial charge in [0.2, 0.25) is 0 Å². The number of hydrogen-bond donors (Lipinski definition) is 0. The van der Waals surface area contributed by atoms with Crippen molar-refractivity contribution in [3.63, 3.8) is 0 Å². The summed E-state index contributed by atoms with van der Waals surface area (Å²) in [6.07, 6.45) is 26.5. The van der Waals surface area contributed by atoms with Crippen LogP contribution < -0.4 is 0 Å². The average molecular weight is 383 g/mol. The monoisotopic (exact) mass is 382 g/mol. The van der Waals surface area contributed by atoms with Crippen LogP contribution in [0.1, 0.15) is 101 Å². The van der Waals surface area contributed by atoms with Gasteiger partial charge in [-0.2, -0.15) is 0 Å². The van der Waals surface area contributed by atoms with E-state index in [1.807, 2.05) is 6.92 Å². The SMILES string of the molecule is C#C.C#C.C/C=C\CC.CC1=C(C)CC(C)C(C)C1.CCC.CCC.CF. The molecule has 1 heteroatoms.